The van der Waals surface area contributed by atoms with Gasteiger partial charge < -0.3 is 5.32 Å². The number of nitrogens with one attached hydrogen (secondary N) is 1. The van der Waals surface area contributed by atoms with Gasteiger partial charge in [0.2, 0.25) is 0 Å². The summed E-state index contributed by atoms with van der Waals surface area (Å²) in [6.45, 7) is 7.16. The van der Waals surface area contributed by atoms with E-state index in [0.29, 0.717) is 0 Å². The molecular weight excluding hydrogens is 182 g/mol. The van der Waals surface area contributed by atoms with Crippen LogP contribution in [0.1, 0.15) is 25.3 Å². The van der Waals surface area contributed by atoms with Crippen LogP contribution in [0.5, 0.6) is 0 Å². The zero-order valence-electron chi connectivity index (χ0n) is 9.22. The highest BCUT2D eigenvalue weighted by Crippen LogP contribution is 2.27. The fourth-order valence-corrected chi connectivity index (χ4v) is 1.95. The number of hydrogen-bond donors (Lipinski definition) is 1. The van der Waals surface area contributed by atoms with Gasteiger partial charge in [-0.05, 0) is 36.5 Å². The molecule has 2 rings (SSSR count). The Balaban J connectivity index is 2.00. The van der Waals surface area contributed by atoms with Crippen molar-refractivity contribution in [2.24, 2.45) is 0 Å². The summed E-state index contributed by atoms with van der Waals surface area (Å²) in [6.07, 6.45) is 2.28. The van der Waals surface area contributed by atoms with Gasteiger partial charge in [0.15, 0.2) is 0 Å². The Hall–Kier alpha value is -1.50. The Kier molecular flexibility index (Phi) is 2.91. The first-order valence-corrected chi connectivity index (χ1v) is 5.43. The van der Waals surface area contributed by atoms with Crippen molar-refractivity contribution >= 4 is 0 Å². The summed E-state index contributed by atoms with van der Waals surface area (Å²) in [5, 5.41) is 3.48. The minimum atomic E-state index is 0.895. The van der Waals surface area contributed by atoms with Crippen LogP contribution < -0.4 is 5.32 Å². The first-order chi connectivity index (χ1) is 7.27. The number of benzene rings is 1. The van der Waals surface area contributed by atoms with E-state index >= 15 is 0 Å². The lowest BCUT2D eigenvalue weighted by molar-refractivity contribution is 0.818. The van der Waals surface area contributed by atoms with Gasteiger partial charge in [0.05, 0.1) is 0 Å². The molecule has 0 saturated heterocycles. The van der Waals surface area contributed by atoms with Crippen LogP contribution >= 0.6 is 0 Å². The summed E-state index contributed by atoms with van der Waals surface area (Å²) in [7, 11) is 0. The van der Waals surface area contributed by atoms with Crippen molar-refractivity contribution in [2.45, 2.75) is 26.3 Å². The number of hydrogen-bond acceptors (Lipinski definition) is 1. The summed E-state index contributed by atoms with van der Waals surface area (Å²) in [6, 6.07) is 10.5. The molecule has 0 aliphatic heterocycles. The Morgan fingerprint density at radius 3 is 2.53 bits per heavy atom. The van der Waals surface area contributed by atoms with Gasteiger partial charge in [0.25, 0.3) is 0 Å². The van der Waals surface area contributed by atoms with Crippen molar-refractivity contribution in [1.29, 1.82) is 0 Å². The molecule has 0 unspecified atom stereocenters. The highest BCUT2D eigenvalue weighted by Gasteiger charge is 2.13. The summed E-state index contributed by atoms with van der Waals surface area (Å²) >= 11 is 0. The maximum absolute atomic E-state index is 4.08. The Morgan fingerprint density at radius 2 is 1.93 bits per heavy atom. The maximum Gasteiger partial charge on any atom is 0.0400 e. The lowest BCUT2D eigenvalue weighted by Crippen LogP contribution is -2.13. The van der Waals surface area contributed by atoms with Crippen LogP contribution in [0.15, 0.2) is 53.8 Å². The van der Waals surface area contributed by atoms with Gasteiger partial charge in [-0.3, -0.25) is 0 Å². The summed E-state index contributed by atoms with van der Waals surface area (Å²) in [5.41, 5.74) is 5.29. The zero-order valence-corrected chi connectivity index (χ0v) is 9.22. The average Bonchev–Trinajstić information content (AvgIpc) is 2.58. The first kappa shape index (κ1) is 10.0. The van der Waals surface area contributed by atoms with E-state index in [-0.39, 0.29) is 0 Å². The van der Waals surface area contributed by atoms with Crippen LogP contribution in [0.3, 0.4) is 0 Å². The third-order valence-electron chi connectivity index (χ3n) is 2.89. The molecule has 1 aromatic carbocycles. The molecule has 0 saturated carbocycles. The van der Waals surface area contributed by atoms with Gasteiger partial charge in [-0.2, -0.15) is 0 Å². The molecular formula is C14H17N. The molecule has 0 atom stereocenters. The molecule has 78 valence electrons. The first-order valence-electron chi connectivity index (χ1n) is 5.43. The summed E-state index contributed by atoms with van der Waals surface area (Å²) in [5.74, 6) is 0. The van der Waals surface area contributed by atoms with Gasteiger partial charge in [0.1, 0.15) is 0 Å². The number of allylic oxidation sites excluding steroid dienone is 2. The predicted molar refractivity (Wildman–Crippen MR) is 64.4 cm³/mol. The molecule has 1 nitrogen and oxygen atoms in total. The SMILES string of the molecule is C=C1CCC(C)=C1NCc1ccccc1. The van der Waals surface area contributed by atoms with Crippen LogP contribution in [0, 0.1) is 0 Å². The van der Waals surface area contributed by atoms with Crippen molar-refractivity contribution in [3.05, 3.63) is 59.3 Å². The van der Waals surface area contributed by atoms with Crippen molar-refractivity contribution in [2.75, 3.05) is 0 Å². The Labute approximate surface area is 91.5 Å². The van der Waals surface area contributed by atoms with Crippen molar-refractivity contribution < 1.29 is 0 Å². The van der Waals surface area contributed by atoms with Gasteiger partial charge >= 0.3 is 0 Å². The van der Waals surface area contributed by atoms with Crippen molar-refractivity contribution in [1.82, 2.24) is 5.32 Å². The molecule has 15 heavy (non-hydrogen) atoms. The van der Waals surface area contributed by atoms with E-state index in [2.05, 4.69) is 43.1 Å². The van der Waals surface area contributed by atoms with E-state index in [1.54, 1.807) is 0 Å². The van der Waals surface area contributed by atoms with E-state index in [4.69, 9.17) is 0 Å². The van der Waals surface area contributed by atoms with E-state index < -0.39 is 0 Å². The smallest absolute Gasteiger partial charge is 0.0400 e. The second-order valence-electron chi connectivity index (χ2n) is 4.10. The average molecular weight is 199 g/mol. The lowest BCUT2D eigenvalue weighted by Gasteiger charge is -2.10. The third kappa shape index (κ3) is 2.30. The molecule has 1 aromatic rings. The highest BCUT2D eigenvalue weighted by molar-refractivity contribution is 5.37. The molecule has 0 amide bonds. The topological polar surface area (TPSA) is 12.0 Å². The Morgan fingerprint density at radius 1 is 1.20 bits per heavy atom. The van der Waals surface area contributed by atoms with Crippen LogP contribution in [0.4, 0.5) is 0 Å². The van der Waals surface area contributed by atoms with Crippen molar-refractivity contribution in [3.63, 3.8) is 0 Å². The monoisotopic (exact) mass is 199 g/mol. The normalized spacial score (nSPS) is 15.9. The minimum absolute atomic E-state index is 0.895. The van der Waals surface area contributed by atoms with Gasteiger partial charge in [-0.25, -0.2) is 0 Å². The van der Waals surface area contributed by atoms with Crippen LogP contribution in [-0.4, -0.2) is 0 Å². The number of rotatable bonds is 3. The molecule has 0 heterocycles. The zero-order chi connectivity index (χ0) is 10.7. The second-order valence-corrected chi connectivity index (χ2v) is 4.10. The van der Waals surface area contributed by atoms with E-state index in [0.717, 1.165) is 19.4 Å². The van der Waals surface area contributed by atoms with Crippen LogP contribution in [-0.2, 0) is 6.54 Å². The van der Waals surface area contributed by atoms with E-state index in [1.807, 2.05) is 6.07 Å². The lowest BCUT2D eigenvalue weighted by atomic mass is 10.2. The summed E-state index contributed by atoms with van der Waals surface area (Å²) in [4.78, 5) is 0. The van der Waals surface area contributed by atoms with Crippen LogP contribution in [0.25, 0.3) is 0 Å². The highest BCUT2D eigenvalue weighted by atomic mass is 14.9. The summed E-state index contributed by atoms with van der Waals surface area (Å²) < 4.78 is 0. The standard InChI is InChI=1S/C14H17N/c1-11-8-9-12(2)14(11)15-10-13-6-4-3-5-7-13/h3-7,15H,1,8-10H2,2H3. The van der Waals surface area contributed by atoms with Crippen molar-refractivity contribution in [3.8, 4) is 0 Å². The Bertz CT molecular complexity index is 387. The predicted octanol–water partition coefficient (Wildman–Crippen LogP) is 3.40. The van der Waals surface area contributed by atoms with E-state index in [1.165, 1.54) is 22.4 Å². The van der Waals surface area contributed by atoms with Gasteiger partial charge in [-0.15, -0.1) is 0 Å². The molecule has 1 N–H and O–H groups in total. The second kappa shape index (κ2) is 4.35. The molecule has 0 fully saturated rings. The van der Waals surface area contributed by atoms with Gasteiger partial charge in [-0.1, -0.05) is 36.9 Å². The molecule has 0 aromatic heterocycles. The fourth-order valence-electron chi connectivity index (χ4n) is 1.95. The molecule has 0 spiro atoms. The third-order valence-corrected chi connectivity index (χ3v) is 2.89. The quantitative estimate of drug-likeness (QED) is 0.786. The van der Waals surface area contributed by atoms with Gasteiger partial charge in [0, 0.05) is 12.2 Å². The molecule has 1 aliphatic carbocycles. The van der Waals surface area contributed by atoms with Crippen LogP contribution in [0.2, 0.25) is 0 Å². The largest absolute Gasteiger partial charge is 0.381 e. The molecule has 0 bridgehead atoms. The molecule has 1 heteroatoms. The molecule has 0 radical (unpaired) electrons. The fraction of sp³-hybridized carbons (Fsp3) is 0.286. The maximum atomic E-state index is 4.08. The molecule has 1 aliphatic rings. The minimum Gasteiger partial charge on any atom is -0.381 e. The van der Waals surface area contributed by atoms with E-state index in [9.17, 15) is 0 Å².